The molecule has 0 fully saturated rings. The van der Waals surface area contributed by atoms with Crippen LogP contribution in [0.3, 0.4) is 0 Å². The molecule has 0 unspecified atom stereocenters. The standard InChI is InChI=1S/C22H17FN4O/c1-14(28)25-19-8-4-17(5-9-19)22-26-20(15-2-6-18(23)7-3-15)21(27-22)16-10-12-24-13-11-16/h2-13H,1H3,(H,25,28)(H,26,27). The lowest BCUT2D eigenvalue weighted by Gasteiger charge is -2.03. The number of amides is 1. The van der Waals surface area contributed by atoms with Gasteiger partial charge in [-0.1, -0.05) is 0 Å². The number of aromatic amines is 1. The minimum atomic E-state index is -0.293. The fourth-order valence-corrected chi connectivity index (χ4v) is 2.97. The molecule has 138 valence electrons. The van der Waals surface area contributed by atoms with Crippen LogP contribution in [0.1, 0.15) is 6.92 Å². The third kappa shape index (κ3) is 3.66. The van der Waals surface area contributed by atoms with E-state index in [-0.39, 0.29) is 11.7 Å². The number of pyridine rings is 1. The molecule has 28 heavy (non-hydrogen) atoms. The largest absolute Gasteiger partial charge is 0.337 e. The molecule has 4 rings (SSSR count). The number of benzene rings is 2. The Morgan fingerprint density at radius 3 is 2.18 bits per heavy atom. The van der Waals surface area contributed by atoms with Crippen molar-refractivity contribution < 1.29 is 9.18 Å². The molecular weight excluding hydrogens is 355 g/mol. The number of imidazole rings is 1. The molecule has 6 heteroatoms. The Bertz CT molecular complexity index is 1100. The van der Waals surface area contributed by atoms with E-state index in [9.17, 15) is 9.18 Å². The van der Waals surface area contributed by atoms with Gasteiger partial charge in [-0.2, -0.15) is 0 Å². The third-order valence-electron chi connectivity index (χ3n) is 4.27. The Labute approximate surface area is 161 Å². The number of hydrogen-bond donors (Lipinski definition) is 2. The van der Waals surface area contributed by atoms with Crippen molar-refractivity contribution in [3.05, 3.63) is 78.9 Å². The van der Waals surface area contributed by atoms with Crippen LogP contribution in [0.15, 0.2) is 73.1 Å². The molecule has 0 aliphatic heterocycles. The first-order valence-corrected chi connectivity index (χ1v) is 8.74. The molecule has 0 saturated heterocycles. The summed E-state index contributed by atoms with van der Waals surface area (Å²) in [7, 11) is 0. The lowest BCUT2D eigenvalue weighted by molar-refractivity contribution is -0.114. The van der Waals surface area contributed by atoms with Crippen LogP contribution in [0.25, 0.3) is 33.9 Å². The number of rotatable bonds is 4. The first kappa shape index (κ1) is 17.6. The van der Waals surface area contributed by atoms with E-state index in [1.807, 2.05) is 36.4 Å². The Morgan fingerprint density at radius 1 is 0.893 bits per heavy atom. The molecule has 2 N–H and O–H groups in total. The number of nitrogens with one attached hydrogen (secondary N) is 2. The summed E-state index contributed by atoms with van der Waals surface area (Å²) in [6.07, 6.45) is 3.43. The number of aromatic nitrogens is 3. The highest BCUT2D eigenvalue weighted by Gasteiger charge is 2.15. The maximum atomic E-state index is 13.4. The fraction of sp³-hybridized carbons (Fsp3) is 0.0455. The Morgan fingerprint density at radius 2 is 1.54 bits per heavy atom. The number of carbonyl (C=O) groups excluding carboxylic acids is 1. The summed E-state index contributed by atoms with van der Waals surface area (Å²) in [5.74, 6) is 0.267. The molecule has 1 amide bonds. The van der Waals surface area contributed by atoms with Gasteiger partial charge in [0.2, 0.25) is 5.91 Å². The first-order chi connectivity index (χ1) is 13.6. The second-order valence-corrected chi connectivity index (χ2v) is 6.31. The zero-order chi connectivity index (χ0) is 19.5. The molecule has 0 bridgehead atoms. The molecule has 0 radical (unpaired) electrons. The van der Waals surface area contributed by atoms with Crippen molar-refractivity contribution in [2.45, 2.75) is 6.92 Å². The van der Waals surface area contributed by atoms with Gasteiger partial charge in [0.25, 0.3) is 0 Å². The predicted molar refractivity (Wildman–Crippen MR) is 107 cm³/mol. The van der Waals surface area contributed by atoms with E-state index in [4.69, 9.17) is 4.98 Å². The van der Waals surface area contributed by atoms with Crippen molar-refractivity contribution in [2.24, 2.45) is 0 Å². The lowest BCUT2D eigenvalue weighted by atomic mass is 10.1. The molecule has 0 atom stereocenters. The number of carbonyl (C=O) groups is 1. The summed E-state index contributed by atoms with van der Waals surface area (Å²) < 4.78 is 13.4. The van der Waals surface area contributed by atoms with Crippen LogP contribution in [0, 0.1) is 5.82 Å². The van der Waals surface area contributed by atoms with Crippen LogP contribution in [-0.2, 0) is 4.79 Å². The quantitative estimate of drug-likeness (QED) is 0.535. The summed E-state index contributed by atoms with van der Waals surface area (Å²) in [5.41, 5.74) is 4.89. The van der Waals surface area contributed by atoms with E-state index in [2.05, 4.69) is 15.3 Å². The third-order valence-corrected chi connectivity index (χ3v) is 4.27. The van der Waals surface area contributed by atoms with Gasteiger partial charge in [-0.3, -0.25) is 9.78 Å². The molecular formula is C22H17FN4O. The summed E-state index contributed by atoms with van der Waals surface area (Å²) in [6.45, 7) is 1.47. The molecule has 0 aliphatic rings. The van der Waals surface area contributed by atoms with E-state index in [0.29, 0.717) is 5.82 Å². The number of anilines is 1. The molecule has 0 saturated carbocycles. The predicted octanol–water partition coefficient (Wildman–Crippen LogP) is 4.90. The molecule has 5 nitrogen and oxygen atoms in total. The van der Waals surface area contributed by atoms with E-state index in [0.717, 1.165) is 33.8 Å². The van der Waals surface area contributed by atoms with Crippen molar-refractivity contribution in [2.75, 3.05) is 5.32 Å². The number of hydrogen-bond acceptors (Lipinski definition) is 3. The van der Waals surface area contributed by atoms with Gasteiger partial charge in [0, 0.05) is 41.7 Å². The zero-order valence-electron chi connectivity index (χ0n) is 15.1. The highest BCUT2D eigenvalue weighted by atomic mass is 19.1. The van der Waals surface area contributed by atoms with Crippen molar-refractivity contribution in [3.63, 3.8) is 0 Å². The molecule has 4 aromatic rings. The van der Waals surface area contributed by atoms with Gasteiger partial charge >= 0.3 is 0 Å². The van der Waals surface area contributed by atoms with Crippen LogP contribution in [0.5, 0.6) is 0 Å². The normalized spacial score (nSPS) is 10.6. The van der Waals surface area contributed by atoms with Crippen molar-refractivity contribution in [3.8, 4) is 33.9 Å². The zero-order valence-corrected chi connectivity index (χ0v) is 15.1. The first-order valence-electron chi connectivity index (χ1n) is 8.74. The number of H-pyrrole nitrogens is 1. The van der Waals surface area contributed by atoms with E-state index in [1.54, 1.807) is 24.5 Å². The minimum Gasteiger partial charge on any atom is -0.337 e. The second kappa shape index (κ2) is 7.44. The smallest absolute Gasteiger partial charge is 0.221 e. The Kier molecular flexibility index (Phi) is 4.68. The maximum absolute atomic E-state index is 13.4. The molecule has 0 aliphatic carbocycles. The van der Waals surface area contributed by atoms with Crippen LogP contribution < -0.4 is 5.32 Å². The number of nitrogens with zero attached hydrogens (tertiary/aromatic N) is 2. The van der Waals surface area contributed by atoms with E-state index >= 15 is 0 Å². The van der Waals surface area contributed by atoms with Crippen LogP contribution in [0.4, 0.5) is 10.1 Å². The van der Waals surface area contributed by atoms with Crippen molar-refractivity contribution in [1.29, 1.82) is 0 Å². The average Bonchev–Trinajstić information content (AvgIpc) is 3.15. The summed E-state index contributed by atoms with van der Waals surface area (Å²) in [5, 5.41) is 2.75. The SMILES string of the molecule is CC(=O)Nc1ccc(-c2nc(-c3ccc(F)cc3)c(-c3ccncc3)[nH]2)cc1. The lowest BCUT2D eigenvalue weighted by Crippen LogP contribution is -2.05. The molecule has 0 spiro atoms. The fourth-order valence-electron chi connectivity index (χ4n) is 2.97. The highest BCUT2D eigenvalue weighted by Crippen LogP contribution is 2.33. The molecule has 2 aromatic heterocycles. The van der Waals surface area contributed by atoms with Gasteiger partial charge in [-0.25, -0.2) is 9.37 Å². The second-order valence-electron chi connectivity index (χ2n) is 6.31. The molecule has 2 aromatic carbocycles. The van der Waals surface area contributed by atoms with Crippen molar-refractivity contribution in [1.82, 2.24) is 15.0 Å². The van der Waals surface area contributed by atoms with Gasteiger partial charge < -0.3 is 10.3 Å². The molecule has 2 heterocycles. The van der Waals surface area contributed by atoms with Crippen LogP contribution >= 0.6 is 0 Å². The Balaban J connectivity index is 1.79. The summed E-state index contributed by atoms with van der Waals surface area (Å²) in [6, 6.07) is 17.5. The Hall–Kier alpha value is -3.80. The van der Waals surface area contributed by atoms with Gasteiger partial charge in [-0.05, 0) is 60.7 Å². The monoisotopic (exact) mass is 372 g/mol. The van der Waals surface area contributed by atoms with E-state index < -0.39 is 0 Å². The van der Waals surface area contributed by atoms with Gasteiger partial charge in [0.15, 0.2) is 0 Å². The summed E-state index contributed by atoms with van der Waals surface area (Å²) >= 11 is 0. The van der Waals surface area contributed by atoms with Crippen molar-refractivity contribution >= 4 is 11.6 Å². The van der Waals surface area contributed by atoms with Gasteiger partial charge in [0.1, 0.15) is 11.6 Å². The summed E-state index contributed by atoms with van der Waals surface area (Å²) in [4.78, 5) is 23.4. The topological polar surface area (TPSA) is 70.7 Å². The van der Waals surface area contributed by atoms with Gasteiger partial charge in [0.05, 0.1) is 11.4 Å². The van der Waals surface area contributed by atoms with Crippen LogP contribution in [0.2, 0.25) is 0 Å². The minimum absolute atomic E-state index is 0.121. The van der Waals surface area contributed by atoms with Crippen LogP contribution in [-0.4, -0.2) is 20.9 Å². The van der Waals surface area contributed by atoms with Gasteiger partial charge in [-0.15, -0.1) is 0 Å². The maximum Gasteiger partial charge on any atom is 0.221 e. The number of halogens is 1. The highest BCUT2D eigenvalue weighted by molar-refractivity contribution is 5.89. The average molecular weight is 372 g/mol. The van der Waals surface area contributed by atoms with E-state index in [1.165, 1.54) is 19.1 Å².